The third-order valence-corrected chi connectivity index (χ3v) is 5.33. The predicted octanol–water partition coefficient (Wildman–Crippen LogP) is -0.807. The molecule has 1 atom stereocenters. The Hall–Kier alpha value is -1.10. The molecule has 0 bridgehead atoms. The summed E-state index contributed by atoms with van der Waals surface area (Å²) < 4.78 is 0. The van der Waals surface area contributed by atoms with Crippen LogP contribution >= 0.6 is 23.5 Å². The maximum atomic E-state index is 5.74. The molecule has 0 saturated heterocycles. The summed E-state index contributed by atoms with van der Waals surface area (Å²) in [6, 6.07) is 17.0. The highest BCUT2D eigenvalue weighted by molar-refractivity contribution is 8.13. The quantitative estimate of drug-likeness (QED) is 0.533. The van der Waals surface area contributed by atoms with E-state index in [1.165, 1.54) is 33.3 Å². The first-order valence-electron chi connectivity index (χ1n) is 6.10. The highest BCUT2D eigenvalue weighted by atomic mass is 35.5. The maximum Gasteiger partial charge on any atom is 0.300 e. The van der Waals surface area contributed by atoms with Gasteiger partial charge in [-0.05, 0) is 34.5 Å². The summed E-state index contributed by atoms with van der Waals surface area (Å²) in [6.07, 6.45) is 0. The van der Waals surface area contributed by atoms with Crippen LogP contribution in [0.3, 0.4) is 0 Å². The van der Waals surface area contributed by atoms with Gasteiger partial charge in [0, 0.05) is 10.6 Å². The van der Waals surface area contributed by atoms with Gasteiger partial charge in [-0.15, -0.1) is 11.8 Å². The van der Waals surface area contributed by atoms with E-state index in [0.29, 0.717) is 5.17 Å². The molecule has 1 aliphatic rings. The van der Waals surface area contributed by atoms with Gasteiger partial charge in [0.15, 0.2) is 0 Å². The largest absolute Gasteiger partial charge is 1.00 e. The summed E-state index contributed by atoms with van der Waals surface area (Å²) in [5.74, 6) is 0.995. The number of benzene rings is 2. The average molecular weight is 323 g/mol. The molecule has 4 N–H and O–H groups in total. The minimum atomic E-state index is 0. The van der Waals surface area contributed by atoms with Crippen molar-refractivity contribution in [2.45, 2.75) is 15.9 Å². The van der Waals surface area contributed by atoms with Gasteiger partial charge in [0.25, 0.3) is 0 Å². The number of thioether (sulfide) groups is 2. The number of hydrogen-bond acceptors (Lipinski definition) is 2. The van der Waals surface area contributed by atoms with E-state index in [1.54, 1.807) is 0 Å². The molecule has 2 aromatic rings. The second-order valence-electron chi connectivity index (χ2n) is 4.43. The third-order valence-electron chi connectivity index (χ3n) is 3.18. The SMILES string of the molecule is NC(=[NH2+])SC1c2ccccc2CSc2ccccc21.[Cl-]. The smallest absolute Gasteiger partial charge is 0.300 e. The van der Waals surface area contributed by atoms with Crippen LogP contribution in [0.2, 0.25) is 0 Å². The molecule has 104 valence electrons. The molecule has 2 nitrogen and oxygen atoms in total. The maximum absolute atomic E-state index is 5.74. The number of halogens is 1. The first-order valence-corrected chi connectivity index (χ1v) is 7.96. The fourth-order valence-corrected chi connectivity index (χ4v) is 4.47. The predicted molar refractivity (Wildman–Crippen MR) is 83.0 cm³/mol. The molecule has 2 aromatic carbocycles. The Balaban J connectivity index is 0.00000147. The summed E-state index contributed by atoms with van der Waals surface area (Å²) >= 11 is 3.41. The Labute approximate surface area is 133 Å². The minimum absolute atomic E-state index is 0. The molecule has 3 rings (SSSR count). The first-order chi connectivity index (χ1) is 9.25. The third kappa shape index (κ3) is 2.97. The van der Waals surface area contributed by atoms with Gasteiger partial charge in [0.1, 0.15) is 0 Å². The van der Waals surface area contributed by atoms with Gasteiger partial charge in [-0.1, -0.05) is 42.5 Å². The van der Waals surface area contributed by atoms with Crippen molar-refractivity contribution in [2.75, 3.05) is 0 Å². The molecule has 0 spiro atoms. The summed E-state index contributed by atoms with van der Waals surface area (Å²) in [6.45, 7) is 0. The molecule has 0 aliphatic carbocycles. The molecule has 5 heteroatoms. The Morgan fingerprint density at radius 3 is 2.50 bits per heavy atom. The van der Waals surface area contributed by atoms with Crippen molar-refractivity contribution >= 4 is 28.7 Å². The highest BCUT2D eigenvalue weighted by Crippen LogP contribution is 2.45. The molecule has 1 heterocycles. The van der Waals surface area contributed by atoms with Crippen molar-refractivity contribution < 1.29 is 17.8 Å². The van der Waals surface area contributed by atoms with E-state index in [4.69, 9.17) is 11.1 Å². The van der Waals surface area contributed by atoms with Crippen LogP contribution in [0, 0.1) is 0 Å². The van der Waals surface area contributed by atoms with Crippen LogP contribution in [0.15, 0.2) is 53.4 Å². The van der Waals surface area contributed by atoms with Crippen LogP contribution in [0.5, 0.6) is 0 Å². The Kier molecular flexibility index (Phi) is 5.02. The fourth-order valence-electron chi connectivity index (χ4n) is 2.34. The molecule has 0 aromatic heterocycles. The lowest BCUT2D eigenvalue weighted by Gasteiger charge is -2.16. The number of fused-ring (bicyclic) bond motifs is 2. The Bertz CT molecular complexity index is 583. The van der Waals surface area contributed by atoms with Crippen LogP contribution < -0.4 is 23.5 Å². The van der Waals surface area contributed by atoms with Gasteiger partial charge in [-0.3, -0.25) is 11.1 Å². The van der Waals surface area contributed by atoms with E-state index in [9.17, 15) is 0 Å². The number of rotatable bonds is 1. The van der Waals surface area contributed by atoms with Gasteiger partial charge in [0.2, 0.25) is 0 Å². The summed E-state index contributed by atoms with van der Waals surface area (Å²) in [7, 11) is 0. The lowest BCUT2D eigenvalue weighted by molar-refractivity contribution is -0.110. The van der Waals surface area contributed by atoms with E-state index in [1.807, 2.05) is 11.8 Å². The number of nitrogens with two attached hydrogens (primary N) is 2. The van der Waals surface area contributed by atoms with Crippen molar-refractivity contribution in [1.82, 2.24) is 0 Å². The highest BCUT2D eigenvalue weighted by Gasteiger charge is 2.26. The van der Waals surface area contributed by atoms with Crippen molar-refractivity contribution in [2.24, 2.45) is 5.73 Å². The summed E-state index contributed by atoms with van der Waals surface area (Å²) in [4.78, 5) is 1.32. The standard InChI is InChI=1S/C15H14N2S2.ClH/c16-15(17)19-14-11-6-2-1-5-10(11)9-18-13-8-4-3-7-12(13)14;/h1-8,14H,9H2,(H3,16,17);1H. The van der Waals surface area contributed by atoms with E-state index in [0.717, 1.165) is 5.75 Å². The summed E-state index contributed by atoms with van der Waals surface area (Å²) in [5.41, 5.74) is 9.72. The molecular weight excluding hydrogens is 308 g/mol. The lowest BCUT2D eigenvalue weighted by atomic mass is 10.0. The van der Waals surface area contributed by atoms with E-state index in [-0.39, 0.29) is 17.7 Å². The van der Waals surface area contributed by atoms with Crippen molar-refractivity contribution in [3.63, 3.8) is 0 Å². The van der Waals surface area contributed by atoms with Crippen LogP contribution in [0.4, 0.5) is 0 Å². The topological polar surface area (TPSA) is 51.6 Å². The number of amidine groups is 1. The second-order valence-corrected chi connectivity index (χ2v) is 6.62. The zero-order valence-electron chi connectivity index (χ0n) is 10.8. The van der Waals surface area contributed by atoms with Crippen LogP contribution in [-0.4, -0.2) is 5.17 Å². The first kappa shape index (κ1) is 15.3. The van der Waals surface area contributed by atoms with E-state index >= 15 is 0 Å². The van der Waals surface area contributed by atoms with Gasteiger partial charge in [-0.25, -0.2) is 0 Å². The minimum Gasteiger partial charge on any atom is -1.00 e. The van der Waals surface area contributed by atoms with Gasteiger partial charge >= 0.3 is 5.17 Å². The van der Waals surface area contributed by atoms with E-state index in [2.05, 4.69) is 48.5 Å². The Morgan fingerprint density at radius 1 is 1.10 bits per heavy atom. The van der Waals surface area contributed by atoms with Gasteiger partial charge in [-0.2, -0.15) is 0 Å². The molecule has 20 heavy (non-hydrogen) atoms. The molecule has 1 aliphatic heterocycles. The van der Waals surface area contributed by atoms with Crippen molar-refractivity contribution in [1.29, 1.82) is 0 Å². The molecule has 0 amide bonds. The summed E-state index contributed by atoms with van der Waals surface area (Å²) in [5, 5.41) is 6.34. The van der Waals surface area contributed by atoms with Crippen molar-refractivity contribution in [3.8, 4) is 0 Å². The molecular formula is C15H15ClN2S2. The number of hydrogen-bond donors (Lipinski definition) is 2. The van der Waals surface area contributed by atoms with Gasteiger partial charge in [0.05, 0.1) is 5.25 Å². The van der Waals surface area contributed by atoms with E-state index < -0.39 is 0 Å². The molecule has 0 radical (unpaired) electrons. The van der Waals surface area contributed by atoms with Crippen molar-refractivity contribution in [3.05, 3.63) is 65.2 Å². The zero-order chi connectivity index (χ0) is 13.2. The molecule has 1 unspecified atom stereocenters. The second kappa shape index (κ2) is 6.57. The fraction of sp³-hybridized carbons (Fsp3) is 0.133. The average Bonchev–Trinajstić information content (AvgIpc) is 2.57. The Morgan fingerprint density at radius 2 is 1.75 bits per heavy atom. The molecule has 0 fully saturated rings. The zero-order valence-corrected chi connectivity index (χ0v) is 13.1. The van der Waals surface area contributed by atoms with Gasteiger partial charge < -0.3 is 12.4 Å². The monoisotopic (exact) mass is 322 g/mol. The van der Waals surface area contributed by atoms with Crippen LogP contribution in [0.25, 0.3) is 0 Å². The van der Waals surface area contributed by atoms with Crippen LogP contribution in [-0.2, 0) is 5.75 Å². The lowest BCUT2D eigenvalue weighted by Crippen LogP contribution is -3.00. The van der Waals surface area contributed by atoms with Crippen LogP contribution in [0.1, 0.15) is 21.9 Å². The normalized spacial score (nSPS) is 16.3. The molecule has 0 saturated carbocycles.